The summed E-state index contributed by atoms with van der Waals surface area (Å²) in [5.74, 6) is 1.37. The summed E-state index contributed by atoms with van der Waals surface area (Å²) in [6, 6.07) is 5.44. The molecule has 5 nitrogen and oxygen atoms in total. The van der Waals surface area contributed by atoms with Crippen LogP contribution in [0.1, 0.15) is 0 Å². The Morgan fingerprint density at radius 1 is 1.06 bits per heavy atom. The zero-order valence-electron chi connectivity index (χ0n) is 10.6. The fourth-order valence-corrected chi connectivity index (χ4v) is 1.64. The lowest BCUT2D eigenvalue weighted by Gasteiger charge is -2.25. The van der Waals surface area contributed by atoms with E-state index in [1.165, 1.54) is 0 Å². The molecule has 0 aliphatic heterocycles. The normalized spacial score (nSPS) is 9.56. The second-order valence-electron chi connectivity index (χ2n) is 3.47. The Balaban J connectivity index is 0.00000289. The quantitative estimate of drug-likeness (QED) is 0.776. The molecule has 0 unspecified atom stereocenters. The van der Waals surface area contributed by atoms with E-state index in [0.29, 0.717) is 24.6 Å². The predicted molar refractivity (Wildman–Crippen MR) is 73.2 cm³/mol. The van der Waals surface area contributed by atoms with Gasteiger partial charge in [0.2, 0.25) is 0 Å². The predicted octanol–water partition coefficient (Wildman–Crippen LogP) is 0.917. The molecule has 2 N–H and O–H groups in total. The first-order valence-corrected chi connectivity index (χ1v) is 5.45. The molecule has 0 bridgehead atoms. The van der Waals surface area contributed by atoms with Crippen molar-refractivity contribution < 1.29 is 19.7 Å². The lowest BCUT2D eigenvalue weighted by Crippen LogP contribution is -2.29. The number of nitrogens with zero attached hydrogens (tertiary/aromatic N) is 1. The van der Waals surface area contributed by atoms with Gasteiger partial charge in [-0.3, -0.25) is 0 Å². The first-order chi connectivity index (χ1) is 8.26. The van der Waals surface area contributed by atoms with Crippen molar-refractivity contribution in [2.75, 3.05) is 45.4 Å². The molecule has 0 saturated carbocycles. The van der Waals surface area contributed by atoms with Gasteiger partial charge >= 0.3 is 0 Å². The molecule has 0 fully saturated rings. The number of halogens is 1. The van der Waals surface area contributed by atoms with Gasteiger partial charge in [-0.05, 0) is 12.1 Å². The molecule has 1 aromatic rings. The minimum atomic E-state index is 0. The lowest BCUT2D eigenvalue weighted by molar-refractivity contribution is 0.280. The average molecular weight is 278 g/mol. The standard InChI is InChI=1S/C12H19NO4.ClH/c1-16-10-3-4-11(12(9-10)17-2)13(5-7-14)6-8-15;/h3-4,9,14-15H,5-8H2,1-2H3;1H. The molecular weight excluding hydrogens is 258 g/mol. The number of ether oxygens (including phenoxy) is 2. The van der Waals surface area contributed by atoms with E-state index in [1.54, 1.807) is 20.3 Å². The van der Waals surface area contributed by atoms with E-state index in [0.717, 1.165) is 5.69 Å². The van der Waals surface area contributed by atoms with E-state index in [9.17, 15) is 0 Å². The Morgan fingerprint density at radius 3 is 2.11 bits per heavy atom. The SMILES string of the molecule is COc1ccc(N(CCO)CCO)c(OC)c1.Cl. The van der Waals surface area contributed by atoms with Crippen LogP contribution in [0.25, 0.3) is 0 Å². The second-order valence-corrected chi connectivity index (χ2v) is 3.47. The van der Waals surface area contributed by atoms with Gasteiger partial charge in [-0.25, -0.2) is 0 Å². The molecule has 0 aliphatic rings. The minimum Gasteiger partial charge on any atom is -0.497 e. The number of methoxy groups -OCH3 is 2. The molecule has 6 heteroatoms. The second kappa shape index (κ2) is 8.85. The van der Waals surface area contributed by atoms with Gasteiger partial charge in [0.15, 0.2) is 0 Å². The third-order valence-electron chi connectivity index (χ3n) is 2.47. The van der Waals surface area contributed by atoms with E-state index in [-0.39, 0.29) is 25.6 Å². The van der Waals surface area contributed by atoms with Crippen LogP contribution in [-0.2, 0) is 0 Å². The molecule has 104 valence electrons. The van der Waals surface area contributed by atoms with Gasteiger partial charge in [-0.15, -0.1) is 12.4 Å². The number of aliphatic hydroxyl groups excluding tert-OH is 2. The molecule has 18 heavy (non-hydrogen) atoms. The van der Waals surface area contributed by atoms with Crippen molar-refractivity contribution >= 4 is 18.1 Å². The average Bonchev–Trinajstić information content (AvgIpc) is 2.37. The number of rotatable bonds is 7. The summed E-state index contributed by atoms with van der Waals surface area (Å²) in [7, 11) is 3.17. The van der Waals surface area contributed by atoms with E-state index >= 15 is 0 Å². The van der Waals surface area contributed by atoms with E-state index in [2.05, 4.69) is 0 Å². The summed E-state index contributed by atoms with van der Waals surface area (Å²) in [6.45, 7) is 0.941. The first kappa shape index (κ1) is 16.8. The van der Waals surface area contributed by atoms with Crippen LogP contribution in [0.3, 0.4) is 0 Å². The maximum absolute atomic E-state index is 9.00. The number of hydrogen-bond donors (Lipinski definition) is 2. The molecule has 0 atom stereocenters. The third-order valence-corrected chi connectivity index (χ3v) is 2.47. The molecule has 0 aromatic heterocycles. The molecular formula is C12H20ClNO4. The Bertz CT molecular complexity index is 343. The highest BCUT2D eigenvalue weighted by molar-refractivity contribution is 5.85. The first-order valence-electron chi connectivity index (χ1n) is 5.45. The molecule has 1 aromatic carbocycles. The van der Waals surface area contributed by atoms with Crippen LogP contribution < -0.4 is 14.4 Å². The van der Waals surface area contributed by atoms with Gasteiger partial charge < -0.3 is 24.6 Å². The number of aliphatic hydroxyl groups is 2. The number of anilines is 1. The van der Waals surface area contributed by atoms with E-state index < -0.39 is 0 Å². The molecule has 0 heterocycles. The Labute approximate surface area is 113 Å². The molecule has 1 rings (SSSR count). The van der Waals surface area contributed by atoms with Crippen molar-refractivity contribution in [2.24, 2.45) is 0 Å². The molecule has 0 amide bonds. The maximum atomic E-state index is 9.00. The molecule has 0 aliphatic carbocycles. The topological polar surface area (TPSA) is 62.2 Å². The van der Waals surface area contributed by atoms with Crippen molar-refractivity contribution in [1.82, 2.24) is 0 Å². The van der Waals surface area contributed by atoms with Crippen LogP contribution in [0.4, 0.5) is 5.69 Å². The largest absolute Gasteiger partial charge is 0.497 e. The summed E-state index contributed by atoms with van der Waals surface area (Å²) < 4.78 is 10.4. The fraction of sp³-hybridized carbons (Fsp3) is 0.500. The Kier molecular flexibility index (Phi) is 8.28. The summed E-state index contributed by atoms with van der Waals surface area (Å²) in [6.07, 6.45) is 0. The summed E-state index contributed by atoms with van der Waals surface area (Å²) in [5.41, 5.74) is 0.830. The summed E-state index contributed by atoms with van der Waals surface area (Å²) in [5, 5.41) is 18.0. The zero-order chi connectivity index (χ0) is 12.7. The maximum Gasteiger partial charge on any atom is 0.145 e. The summed E-state index contributed by atoms with van der Waals surface area (Å²) >= 11 is 0. The van der Waals surface area contributed by atoms with Gasteiger partial charge in [0.25, 0.3) is 0 Å². The van der Waals surface area contributed by atoms with Gasteiger partial charge in [0, 0.05) is 19.2 Å². The number of hydrogen-bond acceptors (Lipinski definition) is 5. The minimum absolute atomic E-state index is 0. The van der Waals surface area contributed by atoms with Gasteiger partial charge in [0.05, 0.1) is 33.1 Å². The molecule has 0 saturated heterocycles. The van der Waals surface area contributed by atoms with Crippen LogP contribution in [-0.4, -0.2) is 50.7 Å². The van der Waals surface area contributed by atoms with Crippen LogP contribution >= 0.6 is 12.4 Å². The smallest absolute Gasteiger partial charge is 0.145 e. The van der Waals surface area contributed by atoms with Crippen molar-refractivity contribution in [3.63, 3.8) is 0 Å². The van der Waals surface area contributed by atoms with E-state index in [1.807, 2.05) is 17.0 Å². The highest BCUT2D eigenvalue weighted by atomic mass is 35.5. The van der Waals surface area contributed by atoms with Gasteiger partial charge in [-0.1, -0.05) is 0 Å². The highest BCUT2D eigenvalue weighted by Crippen LogP contribution is 2.31. The number of benzene rings is 1. The van der Waals surface area contributed by atoms with E-state index in [4.69, 9.17) is 19.7 Å². The molecule has 0 spiro atoms. The van der Waals surface area contributed by atoms with Crippen molar-refractivity contribution in [2.45, 2.75) is 0 Å². The Hall–Kier alpha value is -1.17. The van der Waals surface area contributed by atoms with Crippen molar-refractivity contribution in [3.8, 4) is 11.5 Å². The molecule has 0 radical (unpaired) electrons. The van der Waals surface area contributed by atoms with Crippen molar-refractivity contribution in [1.29, 1.82) is 0 Å². The third kappa shape index (κ3) is 4.25. The fourth-order valence-electron chi connectivity index (χ4n) is 1.64. The lowest BCUT2D eigenvalue weighted by atomic mass is 10.2. The summed E-state index contributed by atoms with van der Waals surface area (Å²) in [4.78, 5) is 1.86. The highest BCUT2D eigenvalue weighted by Gasteiger charge is 2.12. The Morgan fingerprint density at radius 2 is 1.67 bits per heavy atom. The zero-order valence-corrected chi connectivity index (χ0v) is 11.4. The van der Waals surface area contributed by atoms with Gasteiger partial charge in [0.1, 0.15) is 11.5 Å². The monoisotopic (exact) mass is 277 g/mol. The van der Waals surface area contributed by atoms with Gasteiger partial charge in [-0.2, -0.15) is 0 Å². The van der Waals surface area contributed by atoms with Crippen LogP contribution in [0, 0.1) is 0 Å². The van der Waals surface area contributed by atoms with Crippen LogP contribution in [0.15, 0.2) is 18.2 Å². The van der Waals surface area contributed by atoms with Crippen LogP contribution in [0.5, 0.6) is 11.5 Å². The van der Waals surface area contributed by atoms with Crippen molar-refractivity contribution in [3.05, 3.63) is 18.2 Å². The van der Waals surface area contributed by atoms with Crippen LogP contribution in [0.2, 0.25) is 0 Å².